The Bertz CT molecular complexity index is 3270. The Morgan fingerprint density at radius 1 is 0.391 bits per heavy atom. The van der Waals surface area contributed by atoms with Gasteiger partial charge < -0.3 is 4.90 Å². The van der Waals surface area contributed by atoms with E-state index in [2.05, 4.69) is 230 Å². The van der Waals surface area contributed by atoms with Crippen molar-refractivity contribution in [3.8, 4) is 55.6 Å². The lowest BCUT2D eigenvalue weighted by molar-refractivity contribution is 0.327. The number of rotatable bonds is 7. The quantitative estimate of drug-likeness (QED) is 0.155. The lowest BCUT2D eigenvalue weighted by Gasteiger charge is -2.37. The molecule has 0 aromatic heterocycles. The van der Waals surface area contributed by atoms with Crippen molar-refractivity contribution in [3.05, 3.63) is 246 Å². The first-order chi connectivity index (χ1) is 31.6. The molecule has 2 bridgehead atoms. The molecule has 1 spiro atoms. The fourth-order valence-corrected chi connectivity index (χ4v) is 13.1. The number of hydrogen-bond acceptors (Lipinski definition) is 1. The van der Waals surface area contributed by atoms with Gasteiger partial charge in [-0.15, -0.1) is 0 Å². The molecular weight excluding hydrogens is 771 g/mol. The lowest BCUT2D eigenvalue weighted by Crippen LogP contribution is -2.32. The number of hydrogen-bond donors (Lipinski definition) is 0. The maximum atomic E-state index is 2.61. The number of benzene rings is 9. The zero-order chi connectivity index (χ0) is 42.4. The van der Waals surface area contributed by atoms with E-state index in [0.717, 1.165) is 5.92 Å². The normalized spacial score (nSPS) is 20.8. The van der Waals surface area contributed by atoms with Gasteiger partial charge in [-0.25, -0.2) is 0 Å². The van der Waals surface area contributed by atoms with E-state index in [-0.39, 0.29) is 10.8 Å². The largest absolute Gasteiger partial charge is 0.310 e. The second-order valence-electron chi connectivity index (χ2n) is 18.9. The van der Waals surface area contributed by atoms with E-state index in [0.29, 0.717) is 5.92 Å². The average molecular weight is 820 g/mol. The van der Waals surface area contributed by atoms with Gasteiger partial charge in [-0.1, -0.05) is 194 Å². The van der Waals surface area contributed by atoms with Crippen molar-refractivity contribution >= 4 is 17.1 Å². The minimum absolute atomic E-state index is 0.0647. The summed E-state index contributed by atoms with van der Waals surface area (Å²) < 4.78 is 0. The van der Waals surface area contributed by atoms with Crippen LogP contribution in [0.2, 0.25) is 0 Å². The predicted octanol–water partition coefficient (Wildman–Crippen LogP) is 16.6. The maximum absolute atomic E-state index is 2.61. The summed E-state index contributed by atoms with van der Waals surface area (Å²) in [6, 6.07) is 82.2. The molecule has 4 aliphatic carbocycles. The minimum Gasteiger partial charge on any atom is -0.310 e. The molecule has 306 valence electrons. The topological polar surface area (TPSA) is 3.24 Å². The molecule has 0 aliphatic heterocycles. The predicted molar refractivity (Wildman–Crippen MR) is 267 cm³/mol. The molecule has 0 N–H and O–H groups in total. The number of fused-ring (bicyclic) bond motifs is 11. The SMILES string of the molecule is CC1(c2ccccc2)c2ccccc2-c2ccc(N(c3ccc4c(c3)C3(CC5CCC3C5)c3ccccc3-4)c3ccccc3-c3ccccc3-c3ccccc3-c3ccccc3)cc21. The molecule has 0 heterocycles. The van der Waals surface area contributed by atoms with Gasteiger partial charge in [0, 0.05) is 27.8 Å². The van der Waals surface area contributed by atoms with E-state index in [1.165, 1.54) is 121 Å². The Morgan fingerprint density at radius 3 is 1.53 bits per heavy atom. The second kappa shape index (κ2) is 14.4. The van der Waals surface area contributed by atoms with E-state index in [1.54, 1.807) is 5.56 Å². The fraction of sp³-hybridized carbons (Fsp3) is 0.143. The first-order valence-electron chi connectivity index (χ1n) is 23.3. The molecule has 64 heavy (non-hydrogen) atoms. The molecule has 2 saturated carbocycles. The standard InChI is InChI=1S/C63H49N/c1-62(44-20-6-3-7-21-44)57-29-15-12-26-52(57)54-36-34-46(39-59(54)62)64(47-35-37-55-53-27-13-16-30-58(53)63(60(55)40-47)41-42-32-33-45(63)38-42)61-31-17-14-28-56(61)51-25-11-10-24-50(51)49-23-9-8-22-48(49)43-18-4-2-5-19-43/h2-31,34-37,39-40,42,45H,32-33,38,41H2,1H3. The number of anilines is 3. The van der Waals surface area contributed by atoms with Crippen LogP contribution in [0.4, 0.5) is 17.1 Å². The fourth-order valence-electron chi connectivity index (χ4n) is 13.1. The average Bonchev–Trinajstić information content (AvgIpc) is 4.12. The van der Waals surface area contributed by atoms with Crippen molar-refractivity contribution in [2.24, 2.45) is 11.8 Å². The van der Waals surface area contributed by atoms with Crippen LogP contribution in [0.15, 0.2) is 218 Å². The summed E-state index contributed by atoms with van der Waals surface area (Å²) in [4.78, 5) is 2.59. The van der Waals surface area contributed by atoms with Crippen LogP contribution in [0.1, 0.15) is 60.4 Å². The third-order valence-electron chi connectivity index (χ3n) is 15.9. The van der Waals surface area contributed by atoms with Gasteiger partial charge in [0.1, 0.15) is 0 Å². The maximum Gasteiger partial charge on any atom is 0.0540 e. The first kappa shape index (κ1) is 37.3. The Balaban J connectivity index is 1.05. The van der Waals surface area contributed by atoms with Crippen LogP contribution in [0.3, 0.4) is 0 Å². The molecule has 0 radical (unpaired) electrons. The summed E-state index contributed by atoms with van der Waals surface area (Å²) in [5, 5.41) is 0. The van der Waals surface area contributed by atoms with Crippen LogP contribution in [0, 0.1) is 11.8 Å². The molecule has 9 aromatic rings. The van der Waals surface area contributed by atoms with Crippen molar-refractivity contribution < 1.29 is 0 Å². The van der Waals surface area contributed by atoms with Crippen molar-refractivity contribution in [2.75, 3.05) is 4.90 Å². The highest BCUT2D eigenvalue weighted by atomic mass is 15.1. The molecular formula is C63H49N. The Hall–Kier alpha value is -7.22. The van der Waals surface area contributed by atoms with Crippen LogP contribution < -0.4 is 4.90 Å². The van der Waals surface area contributed by atoms with Crippen LogP contribution in [0.5, 0.6) is 0 Å². The molecule has 0 amide bonds. The van der Waals surface area contributed by atoms with Crippen LogP contribution in [-0.2, 0) is 10.8 Å². The summed E-state index contributed by atoms with van der Waals surface area (Å²) in [7, 11) is 0. The third-order valence-corrected chi connectivity index (χ3v) is 15.9. The molecule has 9 aromatic carbocycles. The summed E-state index contributed by atoms with van der Waals surface area (Å²) in [5.74, 6) is 1.48. The van der Waals surface area contributed by atoms with Crippen molar-refractivity contribution in [1.29, 1.82) is 0 Å². The van der Waals surface area contributed by atoms with Gasteiger partial charge >= 0.3 is 0 Å². The molecule has 0 saturated heterocycles. The highest BCUT2D eigenvalue weighted by Gasteiger charge is 2.56. The minimum atomic E-state index is -0.325. The molecule has 1 heteroatoms. The number of nitrogens with zero attached hydrogens (tertiary/aromatic N) is 1. The van der Waals surface area contributed by atoms with E-state index >= 15 is 0 Å². The van der Waals surface area contributed by atoms with Gasteiger partial charge in [-0.3, -0.25) is 0 Å². The molecule has 4 aliphatic rings. The van der Waals surface area contributed by atoms with Gasteiger partial charge in [0.05, 0.1) is 5.69 Å². The van der Waals surface area contributed by atoms with Crippen LogP contribution >= 0.6 is 0 Å². The van der Waals surface area contributed by atoms with E-state index < -0.39 is 0 Å². The van der Waals surface area contributed by atoms with E-state index in [9.17, 15) is 0 Å². The van der Waals surface area contributed by atoms with Crippen LogP contribution in [0.25, 0.3) is 55.6 Å². The zero-order valence-corrected chi connectivity index (χ0v) is 36.2. The Morgan fingerprint density at radius 2 is 0.875 bits per heavy atom. The Kier molecular flexibility index (Phi) is 8.41. The van der Waals surface area contributed by atoms with Gasteiger partial charge in [0.15, 0.2) is 0 Å². The van der Waals surface area contributed by atoms with Crippen molar-refractivity contribution in [1.82, 2.24) is 0 Å². The molecule has 4 unspecified atom stereocenters. The smallest absolute Gasteiger partial charge is 0.0540 e. The summed E-state index contributed by atoms with van der Waals surface area (Å²) in [6.07, 6.45) is 5.28. The van der Waals surface area contributed by atoms with E-state index in [4.69, 9.17) is 0 Å². The van der Waals surface area contributed by atoms with Gasteiger partial charge in [-0.2, -0.15) is 0 Å². The monoisotopic (exact) mass is 819 g/mol. The van der Waals surface area contributed by atoms with Gasteiger partial charge in [0.2, 0.25) is 0 Å². The second-order valence-corrected chi connectivity index (χ2v) is 18.9. The molecule has 4 atom stereocenters. The molecule has 2 fully saturated rings. The molecule has 13 rings (SSSR count). The first-order valence-corrected chi connectivity index (χ1v) is 23.3. The van der Waals surface area contributed by atoms with Crippen molar-refractivity contribution in [2.45, 2.75) is 43.4 Å². The summed E-state index contributed by atoms with van der Waals surface area (Å²) >= 11 is 0. The highest BCUT2D eigenvalue weighted by molar-refractivity contribution is 5.98. The summed E-state index contributed by atoms with van der Waals surface area (Å²) in [5.41, 5.74) is 23.2. The number of para-hydroxylation sites is 1. The third kappa shape index (κ3) is 5.37. The van der Waals surface area contributed by atoms with Gasteiger partial charge in [0.25, 0.3) is 0 Å². The van der Waals surface area contributed by atoms with Gasteiger partial charge in [-0.05, 0) is 146 Å². The Labute approximate surface area is 377 Å². The molecule has 1 nitrogen and oxygen atoms in total. The zero-order valence-electron chi connectivity index (χ0n) is 36.2. The highest BCUT2D eigenvalue weighted by Crippen LogP contribution is 2.66. The van der Waals surface area contributed by atoms with Crippen molar-refractivity contribution in [3.63, 3.8) is 0 Å². The van der Waals surface area contributed by atoms with Crippen LogP contribution in [-0.4, -0.2) is 0 Å². The summed E-state index contributed by atoms with van der Waals surface area (Å²) in [6.45, 7) is 2.43. The lowest BCUT2D eigenvalue weighted by atomic mass is 9.67. The van der Waals surface area contributed by atoms with E-state index in [1.807, 2.05) is 0 Å².